The minimum Gasteiger partial charge on any atom is -0.488 e. The number of nitrogens with one attached hydrogen (secondary N) is 1. The van der Waals surface area contributed by atoms with Crippen LogP contribution in [0.5, 0.6) is 5.75 Å². The largest absolute Gasteiger partial charge is 0.488 e. The Morgan fingerprint density at radius 1 is 1.27 bits per heavy atom. The first-order valence-electron chi connectivity index (χ1n) is 8.87. The molecule has 0 atom stereocenters. The van der Waals surface area contributed by atoms with E-state index in [4.69, 9.17) is 14.9 Å². The monoisotopic (exact) mass is 380 g/mol. The maximum Gasteiger partial charge on any atom is 0.287 e. The first-order valence-corrected chi connectivity index (χ1v) is 8.87. The molecule has 1 heterocycles. The van der Waals surface area contributed by atoms with Crippen LogP contribution < -0.4 is 21.2 Å². The molecule has 1 fully saturated rings. The van der Waals surface area contributed by atoms with Crippen LogP contribution in [-0.2, 0) is 0 Å². The predicted octanol–water partition coefficient (Wildman–Crippen LogP) is 2.86. The van der Waals surface area contributed by atoms with Gasteiger partial charge in [-0.05, 0) is 30.9 Å². The van der Waals surface area contributed by atoms with Gasteiger partial charge in [-0.15, -0.1) is 12.4 Å². The summed E-state index contributed by atoms with van der Waals surface area (Å²) in [4.78, 5) is 24.7. The van der Waals surface area contributed by atoms with Crippen LogP contribution in [0.25, 0.3) is 11.0 Å². The van der Waals surface area contributed by atoms with Crippen LogP contribution in [0.2, 0.25) is 0 Å². The molecule has 142 valence electrons. The number of benzene rings is 1. The topological polar surface area (TPSA) is 94.6 Å². The highest BCUT2D eigenvalue weighted by molar-refractivity contribution is 5.93. The smallest absolute Gasteiger partial charge is 0.287 e. The highest BCUT2D eigenvalue weighted by Crippen LogP contribution is 2.25. The third-order valence-electron chi connectivity index (χ3n) is 4.59. The Bertz CT molecular complexity index is 800. The third-order valence-corrected chi connectivity index (χ3v) is 4.59. The molecule has 1 aliphatic carbocycles. The van der Waals surface area contributed by atoms with Crippen molar-refractivity contribution in [2.45, 2.75) is 32.1 Å². The molecule has 3 N–H and O–H groups in total. The van der Waals surface area contributed by atoms with Crippen LogP contribution in [0.4, 0.5) is 0 Å². The molecular formula is C19H25ClN2O4. The van der Waals surface area contributed by atoms with Gasteiger partial charge in [0.15, 0.2) is 22.5 Å². The second-order valence-corrected chi connectivity index (χ2v) is 6.46. The van der Waals surface area contributed by atoms with Crippen LogP contribution in [-0.4, -0.2) is 25.6 Å². The zero-order chi connectivity index (χ0) is 17.6. The number of ether oxygens (including phenoxy) is 1. The van der Waals surface area contributed by atoms with E-state index in [-0.39, 0.29) is 35.1 Å². The fourth-order valence-electron chi connectivity index (χ4n) is 3.26. The van der Waals surface area contributed by atoms with Gasteiger partial charge in [0, 0.05) is 19.2 Å². The molecule has 0 saturated heterocycles. The summed E-state index contributed by atoms with van der Waals surface area (Å²) < 4.78 is 11.2. The van der Waals surface area contributed by atoms with E-state index in [1.54, 1.807) is 18.2 Å². The quantitative estimate of drug-likeness (QED) is 0.803. The molecule has 2 aromatic rings. The average Bonchev–Trinajstić information content (AvgIpc) is 2.65. The molecule has 0 radical (unpaired) electrons. The number of halogens is 1. The van der Waals surface area contributed by atoms with E-state index in [9.17, 15) is 9.59 Å². The Kier molecular flexibility index (Phi) is 7.48. The van der Waals surface area contributed by atoms with Crippen molar-refractivity contribution in [3.63, 3.8) is 0 Å². The van der Waals surface area contributed by atoms with Crippen LogP contribution in [0.1, 0.15) is 42.7 Å². The molecule has 1 aliphatic rings. The van der Waals surface area contributed by atoms with Gasteiger partial charge in [0.2, 0.25) is 0 Å². The maximum absolute atomic E-state index is 12.4. The molecule has 7 heteroatoms. The summed E-state index contributed by atoms with van der Waals surface area (Å²) in [5.74, 6) is 0.575. The second kappa shape index (κ2) is 9.59. The van der Waals surface area contributed by atoms with Crippen molar-refractivity contribution in [2.24, 2.45) is 11.7 Å². The van der Waals surface area contributed by atoms with E-state index in [1.165, 1.54) is 25.3 Å². The number of nitrogens with two attached hydrogens (primary N) is 1. The van der Waals surface area contributed by atoms with Gasteiger partial charge in [-0.1, -0.05) is 25.3 Å². The molecular weight excluding hydrogens is 356 g/mol. The molecule has 3 rings (SSSR count). The van der Waals surface area contributed by atoms with Gasteiger partial charge < -0.3 is 20.2 Å². The second-order valence-electron chi connectivity index (χ2n) is 6.46. The van der Waals surface area contributed by atoms with Gasteiger partial charge in [-0.25, -0.2) is 0 Å². The summed E-state index contributed by atoms with van der Waals surface area (Å²) in [6.07, 6.45) is 5.98. The summed E-state index contributed by atoms with van der Waals surface area (Å²) in [5, 5.41) is 3.28. The van der Waals surface area contributed by atoms with Crippen molar-refractivity contribution < 1.29 is 13.9 Å². The van der Waals surface area contributed by atoms with E-state index < -0.39 is 0 Å². The molecule has 0 bridgehead atoms. The molecule has 0 aliphatic heterocycles. The first-order chi connectivity index (χ1) is 12.2. The number of para-hydroxylation sites is 1. The third kappa shape index (κ3) is 4.77. The van der Waals surface area contributed by atoms with Gasteiger partial charge in [0.1, 0.15) is 6.61 Å². The Labute approximate surface area is 158 Å². The van der Waals surface area contributed by atoms with Crippen molar-refractivity contribution >= 4 is 29.3 Å². The average molecular weight is 381 g/mol. The highest BCUT2D eigenvalue weighted by atomic mass is 35.5. The van der Waals surface area contributed by atoms with Gasteiger partial charge in [0.05, 0.1) is 5.39 Å². The van der Waals surface area contributed by atoms with Crippen molar-refractivity contribution in [1.29, 1.82) is 0 Å². The summed E-state index contributed by atoms with van der Waals surface area (Å²) >= 11 is 0. The Morgan fingerprint density at radius 2 is 2.04 bits per heavy atom. The summed E-state index contributed by atoms with van der Waals surface area (Å²) in [6, 6.07) is 6.31. The molecule has 1 aromatic heterocycles. The van der Waals surface area contributed by atoms with Crippen molar-refractivity contribution in [2.75, 3.05) is 19.7 Å². The Balaban J connectivity index is 0.00000243. The highest BCUT2D eigenvalue weighted by Gasteiger charge is 2.18. The van der Waals surface area contributed by atoms with Crippen LogP contribution in [0.3, 0.4) is 0 Å². The number of hydrogen-bond acceptors (Lipinski definition) is 5. The van der Waals surface area contributed by atoms with Crippen LogP contribution in [0, 0.1) is 5.92 Å². The number of rotatable bonds is 6. The van der Waals surface area contributed by atoms with Gasteiger partial charge >= 0.3 is 0 Å². The lowest BCUT2D eigenvalue weighted by atomic mass is 9.89. The molecule has 6 nitrogen and oxygen atoms in total. The fraction of sp³-hybridized carbons (Fsp3) is 0.474. The zero-order valence-electron chi connectivity index (χ0n) is 14.7. The molecule has 1 aromatic carbocycles. The van der Waals surface area contributed by atoms with E-state index in [1.807, 2.05) is 0 Å². The van der Waals surface area contributed by atoms with Crippen molar-refractivity contribution in [3.8, 4) is 5.75 Å². The zero-order valence-corrected chi connectivity index (χ0v) is 15.5. The number of amides is 1. The standard InChI is InChI=1S/C19H24N2O4.ClH/c20-9-10-24-16-8-4-7-14-15(22)11-17(25-18(14)16)19(23)21-12-13-5-2-1-3-6-13;/h4,7-8,11,13H,1-3,5-6,9-10,12,20H2,(H,21,23);1H. The van der Waals surface area contributed by atoms with Crippen molar-refractivity contribution in [3.05, 3.63) is 40.2 Å². The minimum atomic E-state index is -0.363. The lowest BCUT2D eigenvalue weighted by molar-refractivity contribution is 0.0916. The molecule has 1 saturated carbocycles. The Hall–Kier alpha value is -2.05. The maximum atomic E-state index is 12.4. The number of carbonyl (C=O) groups is 1. The molecule has 0 spiro atoms. The number of carbonyl (C=O) groups excluding carboxylic acids is 1. The van der Waals surface area contributed by atoms with E-state index in [2.05, 4.69) is 5.32 Å². The number of fused-ring (bicyclic) bond motifs is 1. The molecule has 0 unspecified atom stereocenters. The minimum absolute atomic E-state index is 0. The van der Waals surface area contributed by atoms with E-state index >= 15 is 0 Å². The van der Waals surface area contributed by atoms with Gasteiger partial charge in [-0.2, -0.15) is 0 Å². The van der Waals surface area contributed by atoms with Crippen LogP contribution in [0.15, 0.2) is 33.5 Å². The SMILES string of the molecule is Cl.NCCOc1cccc2c(=O)cc(C(=O)NCC3CCCCC3)oc12. The predicted molar refractivity (Wildman–Crippen MR) is 103 cm³/mol. The first kappa shape index (κ1) is 20.3. The Morgan fingerprint density at radius 3 is 2.77 bits per heavy atom. The van der Waals surface area contributed by atoms with E-state index in [0.717, 1.165) is 12.8 Å². The summed E-state index contributed by atoms with van der Waals surface area (Å²) in [5.41, 5.74) is 5.48. The van der Waals surface area contributed by atoms with Crippen molar-refractivity contribution in [1.82, 2.24) is 5.32 Å². The molecule has 1 amide bonds. The number of hydrogen-bond donors (Lipinski definition) is 2. The molecule has 26 heavy (non-hydrogen) atoms. The van der Waals surface area contributed by atoms with Crippen LogP contribution >= 0.6 is 12.4 Å². The van der Waals surface area contributed by atoms with E-state index in [0.29, 0.717) is 36.8 Å². The lowest BCUT2D eigenvalue weighted by Gasteiger charge is -2.21. The normalized spacial score (nSPS) is 14.7. The summed E-state index contributed by atoms with van der Waals surface area (Å²) in [7, 11) is 0. The fourth-order valence-corrected chi connectivity index (χ4v) is 3.26. The van der Waals surface area contributed by atoms with Gasteiger partial charge in [-0.3, -0.25) is 9.59 Å². The summed E-state index contributed by atoms with van der Waals surface area (Å²) in [6.45, 7) is 1.27. The lowest BCUT2D eigenvalue weighted by Crippen LogP contribution is -2.30. The van der Waals surface area contributed by atoms with Gasteiger partial charge in [0.25, 0.3) is 5.91 Å².